The minimum absolute atomic E-state index is 0.254. The Hall–Kier alpha value is -2.56. The van der Waals surface area contributed by atoms with Crippen LogP contribution in [0.4, 0.5) is 4.39 Å². The number of rotatable bonds is 5. The Morgan fingerprint density at radius 1 is 1.09 bits per heavy atom. The molecule has 0 bridgehead atoms. The van der Waals surface area contributed by atoms with Crippen LogP contribution in [-0.2, 0) is 0 Å². The summed E-state index contributed by atoms with van der Waals surface area (Å²) in [6.07, 6.45) is 0. The molecule has 0 aromatic heterocycles. The number of carbonyl (C=O) groups excluding carboxylic acids is 1. The number of nitrogens with one attached hydrogen (secondary N) is 1. The van der Waals surface area contributed by atoms with Gasteiger partial charge in [-0.15, -0.1) is 0 Å². The van der Waals surface area contributed by atoms with Gasteiger partial charge in [0.1, 0.15) is 5.82 Å². The SMILES string of the molecule is COc1ccc(C(C)NC(=O)c2cccc(F)c2)cc1OC. The van der Waals surface area contributed by atoms with E-state index in [-0.39, 0.29) is 17.5 Å². The minimum atomic E-state index is -0.439. The van der Waals surface area contributed by atoms with Crippen LogP contribution in [0.2, 0.25) is 0 Å². The van der Waals surface area contributed by atoms with Crippen LogP contribution in [0.3, 0.4) is 0 Å². The highest BCUT2D eigenvalue weighted by Crippen LogP contribution is 2.29. The van der Waals surface area contributed by atoms with Crippen molar-refractivity contribution in [2.24, 2.45) is 0 Å². The Balaban J connectivity index is 2.15. The summed E-state index contributed by atoms with van der Waals surface area (Å²) < 4.78 is 23.6. The number of hydrogen-bond acceptors (Lipinski definition) is 3. The molecule has 116 valence electrons. The molecule has 0 aliphatic carbocycles. The molecular weight excluding hydrogens is 285 g/mol. The maximum absolute atomic E-state index is 13.2. The molecule has 0 aliphatic rings. The molecular formula is C17H18FNO3. The van der Waals surface area contributed by atoms with Gasteiger partial charge in [0, 0.05) is 5.56 Å². The first-order valence-corrected chi connectivity index (χ1v) is 6.83. The first-order valence-electron chi connectivity index (χ1n) is 6.83. The van der Waals surface area contributed by atoms with E-state index in [4.69, 9.17) is 9.47 Å². The van der Waals surface area contributed by atoms with Gasteiger partial charge in [-0.05, 0) is 42.8 Å². The van der Waals surface area contributed by atoms with Crippen LogP contribution in [0.15, 0.2) is 42.5 Å². The van der Waals surface area contributed by atoms with Crippen molar-refractivity contribution in [2.45, 2.75) is 13.0 Å². The number of amides is 1. The van der Waals surface area contributed by atoms with E-state index in [9.17, 15) is 9.18 Å². The zero-order chi connectivity index (χ0) is 16.1. The number of methoxy groups -OCH3 is 2. The quantitative estimate of drug-likeness (QED) is 0.921. The number of ether oxygens (including phenoxy) is 2. The highest BCUT2D eigenvalue weighted by atomic mass is 19.1. The zero-order valence-corrected chi connectivity index (χ0v) is 12.7. The average molecular weight is 303 g/mol. The summed E-state index contributed by atoms with van der Waals surface area (Å²) in [5, 5.41) is 2.83. The zero-order valence-electron chi connectivity index (χ0n) is 12.7. The Bertz CT molecular complexity index is 673. The summed E-state index contributed by atoms with van der Waals surface area (Å²) in [4.78, 5) is 12.1. The van der Waals surface area contributed by atoms with Crippen molar-refractivity contribution in [3.8, 4) is 11.5 Å². The van der Waals surface area contributed by atoms with E-state index in [0.717, 1.165) is 5.56 Å². The van der Waals surface area contributed by atoms with Gasteiger partial charge in [-0.2, -0.15) is 0 Å². The van der Waals surface area contributed by atoms with E-state index >= 15 is 0 Å². The summed E-state index contributed by atoms with van der Waals surface area (Å²) in [6, 6.07) is 10.7. The second kappa shape index (κ2) is 6.93. The molecule has 22 heavy (non-hydrogen) atoms. The third-order valence-electron chi connectivity index (χ3n) is 3.34. The van der Waals surface area contributed by atoms with Crippen molar-refractivity contribution in [3.63, 3.8) is 0 Å². The Kier molecular flexibility index (Phi) is 4.99. The van der Waals surface area contributed by atoms with Crippen LogP contribution >= 0.6 is 0 Å². The summed E-state index contributed by atoms with van der Waals surface area (Å²) in [5.74, 6) is 0.440. The monoisotopic (exact) mass is 303 g/mol. The molecule has 0 radical (unpaired) electrons. The molecule has 1 atom stereocenters. The van der Waals surface area contributed by atoms with Crippen molar-refractivity contribution in [1.82, 2.24) is 5.32 Å². The Morgan fingerprint density at radius 2 is 1.82 bits per heavy atom. The molecule has 2 aromatic rings. The topological polar surface area (TPSA) is 47.6 Å². The number of halogens is 1. The highest BCUT2D eigenvalue weighted by Gasteiger charge is 2.14. The molecule has 0 spiro atoms. The van der Waals surface area contributed by atoms with Crippen LogP contribution in [0.25, 0.3) is 0 Å². The van der Waals surface area contributed by atoms with Crippen molar-refractivity contribution in [2.75, 3.05) is 14.2 Å². The number of benzene rings is 2. The van der Waals surface area contributed by atoms with E-state index < -0.39 is 5.82 Å². The molecule has 1 N–H and O–H groups in total. The van der Waals surface area contributed by atoms with Gasteiger partial charge < -0.3 is 14.8 Å². The van der Waals surface area contributed by atoms with Crippen LogP contribution in [-0.4, -0.2) is 20.1 Å². The van der Waals surface area contributed by atoms with Crippen molar-refractivity contribution >= 4 is 5.91 Å². The van der Waals surface area contributed by atoms with E-state index in [2.05, 4.69) is 5.32 Å². The molecule has 0 aliphatic heterocycles. The minimum Gasteiger partial charge on any atom is -0.493 e. The van der Waals surface area contributed by atoms with Gasteiger partial charge >= 0.3 is 0 Å². The number of hydrogen-bond donors (Lipinski definition) is 1. The van der Waals surface area contributed by atoms with E-state index in [0.29, 0.717) is 11.5 Å². The molecule has 2 aromatic carbocycles. The third kappa shape index (κ3) is 3.55. The Labute approximate surface area is 128 Å². The second-order valence-corrected chi connectivity index (χ2v) is 4.82. The molecule has 1 unspecified atom stereocenters. The lowest BCUT2D eigenvalue weighted by molar-refractivity contribution is 0.0939. The van der Waals surface area contributed by atoms with Gasteiger partial charge in [0.15, 0.2) is 11.5 Å². The van der Waals surface area contributed by atoms with Crippen molar-refractivity contribution < 1.29 is 18.7 Å². The summed E-state index contributed by atoms with van der Waals surface area (Å²) >= 11 is 0. The van der Waals surface area contributed by atoms with Crippen molar-refractivity contribution in [3.05, 3.63) is 59.4 Å². The fourth-order valence-corrected chi connectivity index (χ4v) is 2.12. The third-order valence-corrected chi connectivity index (χ3v) is 3.34. The van der Waals surface area contributed by atoms with E-state index in [1.54, 1.807) is 32.4 Å². The van der Waals surface area contributed by atoms with E-state index in [1.165, 1.54) is 18.2 Å². The van der Waals surface area contributed by atoms with Crippen LogP contribution < -0.4 is 14.8 Å². The van der Waals surface area contributed by atoms with Gasteiger partial charge in [0.2, 0.25) is 0 Å². The molecule has 5 heteroatoms. The van der Waals surface area contributed by atoms with Gasteiger partial charge in [0.25, 0.3) is 5.91 Å². The molecule has 0 saturated carbocycles. The average Bonchev–Trinajstić information content (AvgIpc) is 2.54. The smallest absolute Gasteiger partial charge is 0.251 e. The van der Waals surface area contributed by atoms with Crippen molar-refractivity contribution in [1.29, 1.82) is 0 Å². The molecule has 1 amide bonds. The fraction of sp³-hybridized carbons (Fsp3) is 0.235. The lowest BCUT2D eigenvalue weighted by atomic mass is 10.1. The Morgan fingerprint density at radius 3 is 2.45 bits per heavy atom. The first kappa shape index (κ1) is 15.8. The normalized spacial score (nSPS) is 11.6. The molecule has 2 rings (SSSR count). The molecule has 0 saturated heterocycles. The second-order valence-electron chi connectivity index (χ2n) is 4.82. The van der Waals surface area contributed by atoms with Crippen LogP contribution in [0.1, 0.15) is 28.9 Å². The summed E-state index contributed by atoms with van der Waals surface area (Å²) in [7, 11) is 3.12. The van der Waals surface area contributed by atoms with Gasteiger partial charge in [0.05, 0.1) is 20.3 Å². The largest absolute Gasteiger partial charge is 0.493 e. The van der Waals surface area contributed by atoms with Gasteiger partial charge in [-0.1, -0.05) is 12.1 Å². The molecule has 0 fully saturated rings. The summed E-state index contributed by atoms with van der Waals surface area (Å²) in [5.41, 5.74) is 1.15. The standard InChI is InChI=1S/C17H18FNO3/c1-11(12-7-8-15(21-2)16(10-12)22-3)19-17(20)13-5-4-6-14(18)9-13/h4-11H,1-3H3,(H,19,20). The maximum atomic E-state index is 13.2. The lowest BCUT2D eigenvalue weighted by Crippen LogP contribution is -2.26. The van der Waals surface area contributed by atoms with E-state index in [1.807, 2.05) is 13.0 Å². The fourth-order valence-electron chi connectivity index (χ4n) is 2.12. The molecule has 4 nitrogen and oxygen atoms in total. The highest BCUT2D eigenvalue weighted by molar-refractivity contribution is 5.94. The predicted octanol–water partition coefficient (Wildman–Crippen LogP) is 3.33. The number of carbonyl (C=O) groups is 1. The lowest BCUT2D eigenvalue weighted by Gasteiger charge is -2.16. The van der Waals surface area contributed by atoms with Gasteiger partial charge in [-0.25, -0.2) is 4.39 Å². The first-order chi connectivity index (χ1) is 10.5. The summed E-state index contributed by atoms with van der Waals surface area (Å²) in [6.45, 7) is 1.85. The van der Waals surface area contributed by atoms with Crippen LogP contribution in [0, 0.1) is 5.82 Å². The van der Waals surface area contributed by atoms with Gasteiger partial charge in [-0.3, -0.25) is 4.79 Å². The predicted molar refractivity (Wildman–Crippen MR) is 81.8 cm³/mol. The molecule has 0 heterocycles. The maximum Gasteiger partial charge on any atom is 0.251 e. The van der Waals surface area contributed by atoms with Crippen LogP contribution in [0.5, 0.6) is 11.5 Å².